The summed E-state index contributed by atoms with van der Waals surface area (Å²) in [5.74, 6) is 0. The van der Waals surface area contributed by atoms with Crippen molar-refractivity contribution < 1.29 is 13.3 Å². The summed E-state index contributed by atoms with van der Waals surface area (Å²) in [5, 5.41) is 7.04. The van der Waals surface area contributed by atoms with Gasteiger partial charge in [-0.05, 0) is 18.9 Å². The first-order valence-electron chi connectivity index (χ1n) is 7.91. The van der Waals surface area contributed by atoms with Gasteiger partial charge < -0.3 is 13.3 Å². The van der Waals surface area contributed by atoms with E-state index in [1.807, 2.05) is 24.3 Å². The fraction of sp³-hybridized carbons (Fsp3) is 0.529. The molecule has 0 aliphatic heterocycles. The molecule has 3 unspecified atom stereocenters. The number of benzene rings is 1. The Balaban J connectivity index is 0.00000529. The van der Waals surface area contributed by atoms with Gasteiger partial charge in [0.25, 0.3) is 0 Å². The third kappa shape index (κ3) is 5.97. The van der Waals surface area contributed by atoms with Crippen molar-refractivity contribution in [2.45, 2.75) is 38.1 Å². The maximum atomic E-state index is 5.59. The molecule has 2 N–H and O–H groups in total. The van der Waals surface area contributed by atoms with Crippen molar-refractivity contribution in [2.75, 3.05) is 21.3 Å². The van der Waals surface area contributed by atoms with Crippen LogP contribution in [0.3, 0.4) is 0 Å². The van der Waals surface area contributed by atoms with Crippen LogP contribution in [-0.4, -0.2) is 42.0 Å². The zero-order valence-electron chi connectivity index (χ0n) is 15.2. The van der Waals surface area contributed by atoms with Crippen LogP contribution < -0.4 is 10.6 Å². The minimum atomic E-state index is -2.73. The number of nitrogens with one attached hydrogen (secondary N) is 2. The lowest BCUT2D eigenvalue weighted by atomic mass is 10.1. The van der Waals surface area contributed by atoms with E-state index in [4.69, 9.17) is 13.3 Å². The van der Waals surface area contributed by atoms with E-state index in [1.54, 1.807) is 21.3 Å². The fourth-order valence-corrected chi connectivity index (χ4v) is 5.03. The first-order chi connectivity index (χ1) is 11.1. The Morgan fingerprint density at radius 1 is 1.08 bits per heavy atom. The predicted molar refractivity (Wildman–Crippen MR) is 103 cm³/mol. The van der Waals surface area contributed by atoms with Crippen molar-refractivity contribution in [3.8, 4) is 0 Å². The molecule has 0 aliphatic rings. The second kappa shape index (κ2) is 11.8. The molecule has 0 radical (unpaired) electrons. The van der Waals surface area contributed by atoms with E-state index in [-0.39, 0.29) is 30.3 Å². The molecule has 0 bridgehead atoms. The second-order valence-corrected chi connectivity index (χ2v) is 8.48. The van der Waals surface area contributed by atoms with Crippen LogP contribution in [0, 0.1) is 0 Å². The van der Waals surface area contributed by atoms with Gasteiger partial charge in [-0.3, -0.25) is 10.6 Å². The summed E-state index contributed by atoms with van der Waals surface area (Å²) in [4.78, 5) is 0. The van der Waals surface area contributed by atoms with Crippen molar-refractivity contribution in [3.05, 3.63) is 48.6 Å². The molecule has 0 saturated carbocycles. The number of rotatable bonds is 11. The summed E-state index contributed by atoms with van der Waals surface area (Å²) in [6.45, 7) is 8.09. The second-order valence-electron chi connectivity index (χ2n) is 5.36. The van der Waals surface area contributed by atoms with E-state index < -0.39 is 8.80 Å². The molecular weight excluding hydrogens is 344 g/mol. The third-order valence-corrected chi connectivity index (χ3v) is 7.10. The van der Waals surface area contributed by atoms with Gasteiger partial charge >= 0.3 is 8.80 Å². The van der Waals surface area contributed by atoms with E-state index in [9.17, 15) is 0 Å². The Kier molecular flexibility index (Phi) is 11.4. The van der Waals surface area contributed by atoms with Crippen molar-refractivity contribution in [1.29, 1.82) is 0 Å². The maximum absolute atomic E-state index is 5.59. The SMILES string of the molecule is C=CC(NC(C)NC(CC)[Si](OC)(OC)OC)c1ccccc1.Cl. The van der Waals surface area contributed by atoms with Crippen LogP contribution in [0.1, 0.15) is 31.9 Å². The van der Waals surface area contributed by atoms with Gasteiger partial charge in [0.05, 0.1) is 17.9 Å². The molecule has 0 saturated heterocycles. The van der Waals surface area contributed by atoms with Gasteiger partial charge in [0.2, 0.25) is 0 Å². The molecular formula is C17H31ClN2O3Si. The molecule has 0 aliphatic carbocycles. The molecule has 24 heavy (non-hydrogen) atoms. The highest BCUT2D eigenvalue weighted by Crippen LogP contribution is 2.17. The molecule has 1 rings (SSSR count). The normalized spacial score (nSPS) is 15.2. The Morgan fingerprint density at radius 3 is 2.04 bits per heavy atom. The average molecular weight is 375 g/mol. The average Bonchev–Trinajstić information content (AvgIpc) is 2.61. The zero-order valence-corrected chi connectivity index (χ0v) is 17.1. The molecule has 138 valence electrons. The minimum absolute atomic E-state index is 0. The van der Waals surface area contributed by atoms with Crippen LogP contribution in [-0.2, 0) is 13.3 Å². The van der Waals surface area contributed by atoms with E-state index in [0.29, 0.717) is 0 Å². The lowest BCUT2D eigenvalue weighted by Gasteiger charge is -2.35. The van der Waals surface area contributed by atoms with Gasteiger partial charge in [-0.2, -0.15) is 0 Å². The van der Waals surface area contributed by atoms with Gasteiger partial charge in [0, 0.05) is 21.3 Å². The predicted octanol–water partition coefficient (Wildman–Crippen LogP) is 3.06. The van der Waals surface area contributed by atoms with Crippen molar-refractivity contribution in [1.82, 2.24) is 10.6 Å². The topological polar surface area (TPSA) is 51.8 Å². The molecule has 7 heteroatoms. The number of halogens is 1. The quantitative estimate of drug-likeness (QED) is 0.354. The van der Waals surface area contributed by atoms with Gasteiger partial charge in [-0.25, -0.2) is 0 Å². The highest BCUT2D eigenvalue weighted by molar-refractivity contribution is 6.62. The summed E-state index contributed by atoms with van der Waals surface area (Å²) in [7, 11) is 2.18. The summed E-state index contributed by atoms with van der Waals surface area (Å²) >= 11 is 0. The summed E-state index contributed by atoms with van der Waals surface area (Å²) < 4.78 is 16.8. The number of hydrogen-bond acceptors (Lipinski definition) is 5. The Hall–Kier alpha value is -0.733. The third-order valence-electron chi connectivity index (χ3n) is 3.96. The van der Waals surface area contributed by atoms with Crippen molar-refractivity contribution in [2.24, 2.45) is 0 Å². The van der Waals surface area contributed by atoms with Crippen LogP contribution in [0.4, 0.5) is 0 Å². The van der Waals surface area contributed by atoms with Crippen LogP contribution >= 0.6 is 12.4 Å². The Bertz CT molecular complexity index is 452. The lowest BCUT2D eigenvalue weighted by Crippen LogP contribution is -2.63. The fourth-order valence-electron chi connectivity index (χ4n) is 2.73. The zero-order chi connectivity index (χ0) is 17.3. The molecule has 0 aromatic heterocycles. The molecule has 1 aromatic rings. The maximum Gasteiger partial charge on any atom is 0.518 e. The van der Waals surface area contributed by atoms with Crippen molar-refractivity contribution in [3.63, 3.8) is 0 Å². The van der Waals surface area contributed by atoms with Gasteiger partial charge in [-0.1, -0.05) is 43.3 Å². The monoisotopic (exact) mass is 374 g/mol. The smallest absolute Gasteiger partial charge is 0.376 e. The molecule has 0 fully saturated rings. The van der Waals surface area contributed by atoms with Crippen LogP contribution in [0.25, 0.3) is 0 Å². The highest BCUT2D eigenvalue weighted by Gasteiger charge is 2.46. The highest BCUT2D eigenvalue weighted by atomic mass is 35.5. The van der Waals surface area contributed by atoms with Crippen molar-refractivity contribution >= 4 is 21.2 Å². The van der Waals surface area contributed by atoms with Gasteiger partial charge in [-0.15, -0.1) is 19.0 Å². The molecule has 0 spiro atoms. The summed E-state index contributed by atoms with van der Waals surface area (Å²) in [5.41, 5.74) is 1.18. The first kappa shape index (κ1) is 23.3. The van der Waals surface area contributed by atoms with Gasteiger partial charge in [0.15, 0.2) is 0 Å². The largest absolute Gasteiger partial charge is 0.518 e. The standard InChI is InChI=1S/C17H30N2O3Si.ClH/c1-7-16(15-12-10-9-11-13-15)18-14(3)19-17(8-2)23(20-4,21-5)22-6;/h7,9-14,16-19H,1,8H2,2-6H3;1H. The van der Waals surface area contributed by atoms with Crippen LogP contribution in [0.2, 0.25) is 0 Å². The van der Waals surface area contributed by atoms with E-state index in [0.717, 1.165) is 6.42 Å². The molecule has 5 nitrogen and oxygen atoms in total. The summed E-state index contributed by atoms with van der Waals surface area (Å²) in [6, 6.07) is 10.3. The van der Waals surface area contributed by atoms with E-state index in [1.165, 1.54) is 5.56 Å². The molecule has 0 heterocycles. The van der Waals surface area contributed by atoms with E-state index in [2.05, 4.69) is 43.2 Å². The van der Waals surface area contributed by atoms with Crippen LogP contribution in [0.5, 0.6) is 0 Å². The lowest BCUT2D eigenvalue weighted by molar-refractivity contribution is 0.103. The molecule has 3 atom stereocenters. The Morgan fingerprint density at radius 2 is 1.62 bits per heavy atom. The summed E-state index contributed by atoms with van der Waals surface area (Å²) in [6.07, 6.45) is 2.79. The molecule has 1 aromatic carbocycles. The molecule has 0 amide bonds. The van der Waals surface area contributed by atoms with Crippen LogP contribution in [0.15, 0.2) is 43.0 Å². The minimum Gasteiger partial charge on any atom is -0.376 e. The Labute approximate surface area is 153 Å². The van der Waals surface area contributed by atoms with E-state index >= 15 is 0 Å². The number of hydrogen-bond donors (Lipinski definition) is 2. The van der Waals surface area contributed by atoms with Gasteiger partial charge in [0.1, 0.15) is 0 Å². The first-order valence-corrected chi connectivity index (χ1v) is 9.72.